The third kappa shape index (κ3) is 5.11. The van der Waals surface area contributed by atoms with E-state index < -0.39 is 0 Å². The minimum atomic E-state index is -0.125. The van der Waals surface area contributed by atoms with Crippen molar-refractivity contribution in [3.8, 4) is 5.75 Å². The third-order valence-corrected chi connectivity index (χ3v) is 3.59. The van der Waals surface area contributed by atoms with Crippen molar-refractivity contribution in [2.24, 2.45) is 0 Å². The maximum Gasteiger partial charge on any atom is 0.251 e. The molecule has 2 N–H and O–H groups in total. The Hall–Kier alpha value is -2.33. The number of aliphatic hydroxyl groups excluding tert-OH is 1. The van der Waals surface area contributed by atoms with E-state index in [0.717, 1.165) is 11.3 Å². The summed E-state index contributed by atoms with van der Waals surface area (Å²) in [6.45, 7) is 2.64. The molecule has 1 amide bonds. The predicted octanol–water partition coefficient (Wildman–Crippen LogP) is 3.33. The van der Waals surface area contributed by atoms with Crippen LogP contribution in [-0.4, -0.2) is 24.2 Å². The fraction of sp³-hybridized carbons (Fsp3) is 0.316. The zero-order chi connectivity index (χ0) is 16.5. The number of hydrogen-bond acceptors (Lipinski definition) is 3. The molecule has 0 aliphatic heterocycles. The monoisotopic (exact) mass is 313 g/mol. The van der Waals surface area contributed by atoms with Gasteiger partial charge in [-0.05, 0) is 49.6 Å². The number of hydrogen-bond donors (Lipinski definition) is 2. The van der Waals surface area contributed by atoms with Crippen LogP contribution in [0.2, 0.25) is 0 Å². The zero-order valence-corrected chi connectivity index (χ0v) is 13.4. The third-order valence-electron chi connectivity index (χ3n) is 3.59. The fourth-order valence-corrected chi connectivity index (χ4v) is 2.41. The Bertz CT molecular complexity index is 596. The van der Waals surface area contributed by atoms with Crippen molar-refractivity contribution in [3.05, 3.63) is 65.7 Å². The van der Waals surface area contributed by atoms with E-state index in [1.807, 2.05) is 37.3 Å². The SMILES string of the molecule is CCOc1ccc(C(=O)NC(CCCO)c2ccccc2)cc1. The highest BCUT2D eigenvalue weighted by atomic mass is 16.5. The molecule has 0 saturated heterocycles. The van der Waals surface area contributed by atoms with Crippen molar-refractivity contribution in [2.45, 2.75) is 25.8 Å². The number of carbonyl (C=O) groups excluding carboxylic acids is 1. The summed E-state index contributed by atoms with van der Waals surface area (Å²) in [5.74, 6) is 0.629. The van der Waals surface area contributed by atoms with Crippen molar-refractivity contribution in [3.63, 3.8) is 0 Å². The molecule has 1 atom stereocenters. The van der Waals surface area contributed by atoms with Gasteiger partial charge in [0, 0.05) is 12.2 Å². The van der Waals surface area contributed by atoms with Crippen molar-refractivity contribution >= 4 is 5.91 Å². The maximum atomic E-state index is 12.4. The first-order valence-corrected chi connectivity index (χ1v) is 7.94. The normalized spacial score (nSPS) is 11.7. The Morgan fingerprint density at radius 1 is 1.13 bits per heavy atom. The predicted molar refractivity (Wildman–Crippen MR) is 90.6 cm³/mol. The van der Waals surface area contributed by atoms with Gasteiger partial charge in [-0.15, -0.1) is 0 Å². The summed E-state index contributed by atoms with van der Waals surface area (Å²) in [5, 5.41) is 12.1. The summed E-state index contributed by atoms with van der Waals surface area (Å²) in [5.41, 5.74) is 1.64. The van der Waals surface area contributed by atoms with Gasteiger partial charge in [-0.25, -0.2) is 0 Å². The average molecular weight is 313 g/mol. The molecule has 2 rings (SSSR count). The van der Waals surface area contributed by atoms with Crippen LogP contribution in [0.25, 0.3) is 0 Å². The molecule has 0 heterocycles. The summed E-state index contributed by atoms with van der Waals surface area (Å²) in [7, 11) is 0. The zero-order valence-electron chi connectivity index (χ0n) is 13.4. The molecule has 0 bridgehead atoms. The molecule has 0 spiro atoms. The minimum Gasteiger partial charge on any atom is -0.494 e. The van der Waals surface area contributed by atoms with Crippen molar-refractivity contribution in [1.82, 2.24) is 5.32 Å². The number of ether oxygens (including phenoxy) is 1. The van der Waals surface area contributed by atoms with Crippen LogP contribution in [0.1, 0.15) is 41.7 Å². The van der Waals surface area contributed by atoms with Gasteiger partial charge in [-0.3, -0.25) is 4.79 Å². The number of rotatable bonds is 8. The summed E-state index contributed by atoms with van der Waals surface area (Å²) < 4.78 is 5.38. The lowest BCUT2D eigenvalue weighted by Crippen LogP contribution is -2.28. The molecular weight excluding hydrogens is 290 g/mol. The summed E-state index contributed by atoms with van der Waals surface area (Å²) >= 11 is 0. The summed E-state index contributed by atoms with van der Waals surface area (Å²) in [4.78, 5) is 12.4. The first kappa shape index (κ1) is 17.0. The first-order chi connectivity index (χ1) is 11.2. The molecule has 4 heteroatoms. The van der Waals surface area contributed by atoms with Gasteiger partial charge in [0.2, 0.25) is 0 Å². The van der Waals surface area contributed by atoms with E-state index in [0.29, 0.717) is 25.0 Å². The Morgan fingerprint density at radius 3 is 2.43 bits per heavy atom. The summed E-state index contributed by atoms with van der Waals surface area (Å²) in [6, 6.07) is 16.8. The Morgan fingerprint density at radius 2 is 1.83 bits per heavy atom. The molecule has 0 aliphatic rings. The number of carbonyl (C=O) groups is 1. The molecule has 0 saturated carbocycles. The second kappa shape index (κ2) is 8.96. The van der Waals surface area contributed by atoms with Crippen molar-refractivity contribution in [1.29, 1.82) is 0 Å². The molecule has 0 aromatic heterocycles. The minimum absolute atomic E-state index is 0.109. The molecule has 2 aromatic carbocycles. The van der Waals surface area contributed by atoms with Gasteiger partial charge < -0.3 is 15.2 Å². The Balaban J connectivity index is 2.07. The molecule has 2 aromatic rings. The summed E-state index contributed by atoms with van der Waals surface area (Å²) in [6.07, 6.45) is 1.34. The van der Waals surface area contributed by atoms with E-state index >= 15 is 0 Å². The van der Waals surface area contributed by atoms with Crippen LogP contribution < -0.4 is 10.1 Å². The van der Waals surface area contributed by atoms with Gasteiger partial charge in [-0.1, -0.05) is 30.3 Å². The molecule has 0 aliphatic carbocycles. The first-order valence-electron chi connectivity index (χ1n) is 7.94. The van der Waals surface area contributed by atoms with Crippen LogP contribution in [0, 0.1) is 0 Å². The lowest BCUT2D eigenvalue weighted by Gasteiger charge is -2.19. The average Bonchev–Trinajstić information content (AvgIpc) is 2.60. The van der Waals surface area contributed by atoms with Gasteiger partial charge >= 0.3 is 0 Å². The van der Waals surface area contributed by atoms with Crippen molar-refractivity contribution in [2.75, 3.05) is 13.2 Å². The molecule has 4 nitrogen and oxygen atoms in total. The van der Waals surface area contributed by atoms with Crippen LogP contribution in [0.3, 0.4) is 0 Å². The van der Waals surface area contributed by atoms with Gasteiger partial charge in [0.25, 0.3) is 5.91 Å². The Labute approximate surface area is 137 Å². The topological polar surface area (TPSA) is 58.6 Å². The lowest BCUT2D eigenvalue weighted by molar-refractivity contribution is 0.0932. The van der Waals surface area contributed by atoms with Gasteiger partial charge in [0.15, 0.2) is 0 Å². The van der Waals surface area contributed by atoms with E-state index in [1.165, 1.54) is 0 Å². The van der Waals surface area contributed by atoms with E-state index in [4.69, 9.17) is 9.84 Å². The molecule has 0 radical (unpaired) electrons. The van der Waals surface area contributed by atoms with Crippen LogP contribution in [-0.2, 0) is 0 Å². The van der Waals surface area contributed by atoms with E-state index in [2.05, 4.69) is 5.32 Å². The van der Waals surface area contributed by atoms with E-state index in [-0.39, 0.29) is 18.6 Å². The van der Waals surface area contributed by atoms with Gasteiger partial charge in [0.1, 0.15) is 5.75 Å². The largest absolute Gasteiger partial charge is 0.494 e. The highest BCUT2D eigenvalue weighted by molar-refractivity contribution is 5.94. The van der Waals surface area contributed by atoms with E-state index in [9.17, 15) is 4.79 Å². The molecule has 23 heavy (non-hydrogen) atoms. The lowest BCUT2D eigenvalue weighted by atomic mass is 10.0. The highest BCUT2D eigenvalue weighted by Crippen LogP contribution is 2.19. The molecular formula is C19H23NO3. The smallest absolute Gasteiger partial charge is 0.251 e. The fourth-order valence-electron chi connectivity index (χ4n) is 2.41. The van der Waals surface area contributed by atoms with Crippen LogP contribution in [0.5, 0.6) is 5.75 Å². The van der Waals surface area contributed by atoms with Gasteiger partial charge in [-0.2, -0.15) is 0 Å². The maximum absolute atomic E-state index is 12.4. The van der Waals surface area contributed by atoms with E-state index in [1.54, 1.807) is 24.3 Å². The van der Waals surface area contributed by atoms with Crippen molar-refractivity contribution < 1.29 is 14.6 Å². The van der Waals surface area contributed by atoms with Crippen LogP contribution in [0.4, 0.5) is 0 Å². The van der Waals surface area contributed by atoms with Crippen LogP contribution in [0.15, 0.2) is 54.6 Å². The number of aliphatic hydroxyl groups is 1. The van der Waals surface area contributed by atoms with Gasteiger partial charge in [0.05, 0.1) is 12.6 Å². The number of benzene rings is 2. The molecule has 122 valence electrons. The standard InChI is InChI=1S/C19H23NO3/c1-2-23-17-12-10-16(11-13-17)19(22)20-18(9-6-14-21)15-7-4-3-5-8-15/h3-5,7-8,10-13,18,21H,2,6,9,14H2,1H3,(H,20,22). The molecule has 1 unspecified atom stereocenters. The number of nitrogens with one attached hydrogen (secondary N) is 1. The second-order valence-electron chi connectivity index (χ2n) is 5.26. The van der Waals surface area contributed by atoms with Crippen LogP contribution >= 0.6 is 0 Å². The quantitative estimate of drug-likeness (QED) is 0.786. The highest BCUT2D eigenvalue weighted by Gasteiger charge is 2.15. The molecule has 0 fully saturated rings. The number of amides is 1. The second-order valence-corrected chi connectivity index (χ2v) is 5.26. The Kier molecular flexibility index (Phi) is 6.63.